The number of nitro groups is 1. The first-order chi connectivity index (χ1) is 7.15. The molecule has 1 atom stereocenters. The molecule has 0 aromatic heterocycles. The van der Waals surface area contributed by atoms with Crippen molar-refractivity contribution in [1.82, 2.24) is 5.32 Å². The van der Waals surface area contributed by atoms with Gasteiger partial charge < -0.3 is 0 Å². The quantitative estimate of drug-likeness (QED) is 0.331. The zero-order chi connectivity index (χ0) is 11.3. The molecular weight excluding hydrogens is 200 g/mol. The molecule has 15 heavy (non-hydrogen) atoms. The molecule has 0 aliphatic carbocycles. The summed E-state index contributed by atoms with van der Waals surface area (Å²) in [7, 11) is 0. The van der Waals surface area contributed by atoms with Crippen LogP contribution in [-0.4, -0.2) is 23.3 Å². The second kappa shape index (κ2) is 4.85. The van der Waals surface area contributed by atoms with Crippen LogP contribution in [-0.2, 0) is 4.79 Å². The van der Waals surface area contributed by atoms with Gasteiger partial charge in [0.1, 0.15) is 0 Å². The highest BCUT2D eigenvalue weighted by Gasteiger charge is 2.21. The van der Waals surface area contributed by atoms with Crippen LogP contribution < -0.4 is 5.32 Å². The summed E-state index contributed by atoms with van der Waals surface area (Å²) in [6.07, 6.45) is -1.63. The summed E-state index contributed by atoms with van der Waals surface area (Å²) in [6.45, 7) is 0. The van der Waals surface area contributed by atoms with Crippen molar-refractivity contribution < 1.29 is 14.5 Å². The minimum Gasteiger partial charge on any atom is -0.293 e. The first kappa shape index (κ1) is 10.8. The Morgan fingerprint density at radius 3 is 2.47 bits per heavy atom. The van der Waals surface area contributed by atoms with Crippen LogP contribution in [0.25, 0.3) is 0 Å². The molecule has 1 rings (SSSR count). The number of nitrogens with one attached hydrogen (secondary N) is 1. The van der Waals surface area contributed by atoms with Crippen LogP contribution in [0.2, 0.25) is 0 Å². The van der Waals surface area contributed by atoms with Gasteiger partial charge in [-0.2, -0.15) is 0 Å². The lowest BCUT2D eigenvalue weighted by Crippen LogP contribution is -2.41. The first-order valence-corrected chi connectivity index (χ1v) is 4.10. The van der Waals surface area contributed by atoms with Crippen LogP contribution in [0.5, 0.6) is 0 Å². The summed E-state index contributed by atoms with van der Waals surface area (Å²) in [5.74, 6) is -0.649. The van der Waals surface area contributed by atoms with Gasteiger partial charge in [-0.3, -0.25) is 25.0 Å². The third kappa shape index (κ3) is 2.87. The maximum Gasteiger partial charge on any atom is 0.342 e. The summed E-state index contributed by atoms with van der Waals surface area (Å²) in [4.78, 5) is 31.0. The Hall–Kier alpha value is -2.24. The van der Waals surface area contributed by atoms with E-state index in [4.69, 9.17) is 0 Å². The fourth-order valence-corrected chi connectivity index (χ4v) is 0.944. The number of benzene rings is 1. The highest BCUT2D eigenvalue weighted by atomic mass is 16.6. The maximum absolute atomic E-state index is 11.3. The molecule has 1 amide bonds. The molecule has 0 radical (unpaired) electrons. The van der Waals surface area contributed by atoms with Crippen molar-refractivity contribution in [3.05, 3.63) is 46.0 Å². The Morgan fingerprint density at radius 1 is 1.40 bits per heavy atom. The first-order valence-electron chi connectivity index (χ1n) is 4.10. The van der Waals surface area contributed by atoms with Gasteiger partial charge in [0, 0.05) is 5.56 Å². The highest BCUT2D eigenvalue weighted by Crippen LogP contribution is 1.98. The molecule has 0 fully saturated rings. The molecule has 6 nitrogen and oxygen atoms in total. The molecule has 0 saturated heterocycles. The van der Waals surface area contributed by atoms with E-state index in [0.717, 1.165) is 0 Å². The molecular formula is C9H8N2O4. The van der Waals surface area contributed by atoms with Crippen molar-refractivity contribution in [3.63, 3.8) is 0 Å². The van der Waals surface area contributed by atoms with Gasteiger partial charge in [-0.15, -0.1) is 0 Å². The van der Waals surface area contributed by atoms with E-state index in [1.165, 1.54) is 12.1 Å². The van der Waals surface area contributed by atoms with E-state index in [2.05, 4.69) is 0 Å². The largest absolute Gasteiger partial charge is 0.342 e. The molecule has 0 aliphatic heterocycles. The second-order valence-electron chi connectivity index (χ2n) is 2.71. The number of nitrogens with zero attached hydrogens (tertiary/aromatic N) is 1. The van der Waals surface area contributed by atoms with Crippen LogP contribution in [0, 0.1) is 10.1 Å². The van der Waals surface area contributed by atoms with Gasteiger partial charge in [0.05, 0.1) is 4.92 Å². The van der Waals surface area contributed by atoms with Crippen molar-refractivity contribution in [2.24, 2.45) is 0 Å². The van der Waals surface area contributed by atoms with E-state index in [9.17, 15) is 19.7 Å². The van der Waals surface area contributed by atoms with Crippen LogP contribution in [0.3, 0.4) is 0 Å². The lowest BCUT2D eigenvalue weighted by molar-refractivity contribution is -0.509. The third-order valence-electron chi connectivity index (χ3n) is 1.67. The second-order valence-corrected chi connectivity index (χ2v) is 2.71. The summed E-state index contributed by atoms with van der Waals surface area (Å²) < 4.78 is 0. The summed E-state index contributed by atoms with van der Waals surface area (Å²) in [5.41, 5.74) is 0.270. The van der Waals surface area contributed by atoms with E-state index < -0.39 is 17.0 Å². The fourth-order valence-electron chi connectivity index (χ4n) is 0.944. The summed E-state index contributed by atoms with van der Waals surface area (Å²) in [6, 6.07) is 7.95. The number of amides is 1. The molecule has 1 aromatic carbocycles. The zero-order valence-electron chi connectivity index (χ0n) is 7.62. The molecule has 78 valence electrons. The number of carbonyl (C=O) groups excluding carboxylic acids is 2. The third-order valence-corrected chi connectivity index (χ3v) is 1.67. The molecule has 6 heteroatoms. The van der Waals surface area contributed by atoms with E-state index in [1.807, 2.05) is 5.32 Å². The van der Waals surface area contributed by atoms with Crippen LogP contribution >= 0.6 is 0 Å². The predicted octanol–water partition coefficient (Wildman–Crippen LogP) is 0.218. The van der Waals surface area contributed by atoms with Crippen LogP contribution in [0.15, 0.2) is 30.3 Å². The Morgan fingerprint density at radius 2 is 2.00 bits per heavy atom. The summed E-state index contributed by atoms with van der Waals surface area (Å²) >= 11 is 0. The normalized spacial score (nSPS) is 11.5. The van der Waals surface area contributed by atoms with Gasteiger partial charge in [-0.05, 0) is 12.1 Å². The van der Waals surface area contributed by atoms with Crippen LogP contribution in [0.4, 0.5) is 0 Å². The topological polar surface area (TPSA) is 89.3 Å². The van der Waals surface area contributed by atoms with E-state index in [0.29, 0.717) is 0 Å². The van der Waals surface area contributed by atoms with Gasteiger partial charge in [-0.1, -0.05) is 18.2 Å². The minimum atomic E-state index is -1.70. The smallest absolute Gasteiger partial charge is 0.293 e. The zero-order valence-corrected chi connectivity index (χ0v) is 7.62. The Kier molecular flexibility index (Phi) is 3.50. The van der Waals surface area contributed by atoms with Gasteiger partial charge >= 0.3 is 6.17 Å². The lowest BCUT2D eigenvalue weighted by atomic mass is 10.2. The maximum atomic E-state index is 11.3. The molecule has 0 aliphatic rings. The average Bonchev–Trinajstić information content (AvgIpc) is 2.26. The van der Waals surface area contributed by atoms with E-state index in [1.54, 1.807) is 18.2 Å². The monoisotopic (exact) mass is 208 g/mol. The molecule has 0 heterocycles. The van der Waals surface area contributed by atoms with Gasteiger partial charge in [0.25, 0.3) is 5.91 Å². The van der Waals surface area contributed by atoms with Crippen molar-refractivity contribution in [1.29, 1.82) is 0 Å². The Labute approximate surface area is 85.1 Å². The number of carbonyl (C=O) groups is 2. The lowest BCUT2D eigenvalue weighted by Gasteiger charge is -2.05. The van der Waals surface area contributed by atoms with E-state index >= 15 is 0 Å². The Bertz CT molecular complexity index is 377. The molecule has 0 saturated carbocycles. The predicted molar refractivity (Wildman–Crippen MR) is 50.8 cm³/mol. The van der Waals surface area contributed by atoms with Gasteiger partial charge in [0.2, 0.25) is 6.29 Å². The molecule has 0 spiro atoms. The van der Waals surface area contributed by atoms with Gasteiger partial charge in [0.15, 0.2) is 0 Å². The van der Waals surface area contributed by atoms with Crippen molar-refractivity contribution >= 4 is 12.2 Å². The van der Waals surface area contributed by atoms with Crippen molar-refractivity contribution in [3.8, 4) is 0 Å². The van der Waals surface area contributed by atoms with Crippen LogP contribution in [0.1, 0.15) is 10.4 Å². The summed E-state index contributed by atoms with van der Waals surface area (Å²) in [5, 5.41) is 12.2. The minimum absolute atomic E-state index is 0.0703. The van der Waals surface area contributed by atoms with Crippen molar-refractivity contribution in [2.45, 2.75) is 6.17 Å². The van der Waals surface area contributed by atoms with Crippen molar-refractivity contribution in [2.75, 3.05) is 0 Å². The highest BCUT2D eigenvalue weighted by molar-refractivity contribution is 5.95. The number of aldehydes is 1. The van der Waals surface area contributed by atoms with E-state index in [-0.39, 0.29) is 11.8 Å². The SMILES string of the molecule is O=CC(NC(=O)c1ccccc1)[N+](=O)[O-]. The standard InChI is InChI=1S/C9H8N2O4/c12-6-8(11(14)15)10-9(13)7-4-2-1-3-5-7/h1-6,8H,(H,10,13). The number of hydrogen-bond acceptors (Lipinski definition) is 4. The molecule has 1 unspecified atom stereocenters. The molecule has 0 bridgehead atoms. The van der Waals surface area contributed by atoms with Gasteiger partial charge in [-0.25, -0.2) is 0 Å². The average molecular weight is 208 g/mol. The Balaban J connectivity index is 2.71. The number of rotatable bonds is 4. The molecule has 1 N–H and O–H groups in total. The molecule has 1 aromatic rings. The fraction of sp³-hybridized carbons (Fsp3) is 0.111. The number of hydrogen-bond donors (Lipinski definition) is 1.